The summed E-state index contributed by atoms with van der Waals surface area (Å²) in [5, 5.41) is 0. The summed E-state index contributed by atoms with van der Waals surface area (Å²) in [6.45, 7) is 4.57. The van der Waals surface area contributed by atoms with Crippen LogP contribution in [-0.4, -0.2) is 0 Å². The van der Waals surface area contributed by atoms with Gasteiger partial charge in [-0.3, -0.25) is 0 Å². The Morgan fingerprint density at radius 3 is 1.21 bits per heavy atom. The zero-order chi connectivity index (χ0) is 13.3. The molecular weight excluding hydrogens is 239 g/mol. The number of unbranched alkanes of at least 4 members (excludes halogenated alkanes) is 15. The molecule has 110 valence electrons. The average molecular weight is 276 g/mol. The van der Waals surface area contributed by atoms with Crippen LogP contribution in [0.5, 0.6) is 0 Å². The molecule has 0 aliphatic heterocycles. The Hall–Kier alpha value is 1.00. The molecule has 0 rings (SSSR count). The van der Waals surface area contributed by atoms with Crippen LogP contribution >= 0.6 is 0 Å². The summed E-state index contributed by atoms with van der Waals surface area (Å²) in [5.74, 6) is 0. The molecule has 1 heteroatoms. The van der Waals surface area contributed by atoms with Gasteiger partial charge >= 0.3 is 29.6 Å². The maximum absolute atomic E-state index is 2.52. The second-order valence-electron chi connectivity index (χ2n) is 5.76. The quantitative estimate of drug-likeness (QED) is 0.240. The summed E-state index contributed by atoms with van der Waals surface area (Å²) < 4.78 is 0. The first-order valence-electron chi connectivity index (χ1n) is 8.73. The third kappa shape index (κ3) is 21.4. The SMILES string of the molecule is CCCCCC[CH-]CCCCCCCCCCC.[Na+]. The number of hydrogen-bond acceptors (Lipinski definition) is 0. The van der Waals surface area contributed by atoms with Gasteiger partial charge in [-0.1, -0.05) is 97.3 Å². The van der Waals surface area contributed by atoms with Gasteiger partial charge in [0.1, 0.15) is 0 Å². The Morgan fingerprint density at radius 2 is 0.789 bits per heavy atom. The first-order chi connectivity index (χ1) is 8.91. The Balaban J connectivity index is 0. The van der Waals surface area contributed by atoms with Gasteiger partial charge in [0.05, 0.1) is 0 Å². The van der Waals surface area contributed by atoms with E-state index in [1.807, 2.05) is 0 Å². The van der Waals surface area contributed by atoms with Crippen molar-refractivity contribution in [1.29, 1.82) is 0 Å². The molecule has 0 aliphatic carbocycles. The van der Waals surface area contributed by atoms with E-state index in [2.05, 4.69) is 20.3 Å². The van der Waals surface area contributed by atoms with Crippen molar-refractivity contribution in [2.45, 2.75) is 110 Å². The van der Waals surface area contributed by atoms with Crippen LogP contribution in [0.25, 0.3) is 0 Å². The van der Waals surface area contributed by atoms with Gasteiger partial charge in [-0.2, -0.15) is 12.8 Å². The molecule has 0 fully saturated rings. The van der Waals surface area contributed by atoms with Crippen LogP contribution in [0.3, 0.4) is 0 Å². The van der Waals surface area contributed by atoms with E-state index >= 15 is 0 Å². The molecule has 0 atom stereocenters. The maximum Gasteiger partial charge on any atom is 1.00 e. The molecule has 0 aromatic rings. The van der Waals surface area contributed by atoms with Crippen molar-refractivity contribution in [3.05, 3.63) is 6.42 Å². The molecule has 0 aromatic carbocycles. The molecule has 0 bridgehead atoms. The Kier molecular flexibility index (Phi) is 25.0. The minimum atomic E-state index is 0. The fourth-order valence-electron chi connectivity index (χ4n) is 2.46. The third-order valence-corrected chi connectivity index (χ3v) is 3.77. The predicted octanol–water partition coefficient (Wildman–Crippen LogP) is 4.09. The molecule has 0 amide bonds. The van der Waals surface area contributed by atoms with E-state index in [9.17, 15) is 0 Å². The summed E-state index contributed by atoms with van der Waals surface area (Å²) >= 11 is 0. The second kappa shape index (κ2) is 21.3. The van der Waals surface area contributed by atoms with Crippen LogP contribution in [0.15, 0.2) is 0 Å². The molecule has 0 saturated carbocycles. The zero-order valence-corrected chi connectivity index (χ0v) is 16.2. The summed E-state index contributed by atoms with van der Waals surface area (Å²) in [6.07, 6.45) is 23.9. The largest absolute Gasteiger partial charge is 1.00 e. The summed E-state index contributed by atoms with van der Waals surface area (Å²) in [5.41, 5.74) is 0. The molecule has 0 nitrogen and oxygen atoms in total. The summed E-state index contributed by atoms with van der Waals surface area (Å²) in [7, 11) is 0. The maximum atomic E-state index is 2.52. The summed E-state index contributed by atoms with van der Waals surface area (Å²) in [4.78, 5) is 0. The van der Waals surface area contributed by atoms with Crippen molar-refractivity contribution in [2.75, 3.05) is 0 Å². The third-order valence-electron chi connectivity index (χ3n) is 3.77. The molecule has 0 saturated heterocycles. The predicted molar refractivity (Wildman–Crippen MR) is 84.9 cm³/mol. The topological polar surface area (TPSA) is 0 Å². The Morgan fingerprint density at radius 1 is 0.474 bits per heavy atom. The minimum absolute atomic E-state index is 0. The van der Waals surface area contributed by atoms with Crippen LogP contribution < -0.4 is 29.6 Å². The molecular formula is C18H37Na. The van der Waals surface area contributed by atoms with Crippen LogP contribution in [0.4, 0.5) is 0 Å². The van der Waals surface area contributed by atoms with Crippen molar-refractivity contribution in [3.8, 4) is 0 Å². The standard InChI is InChI=1S/C18H37.Na/c1-3-5-7-9-11-13-15-17-18-16-14-12-10-8-6-4-2;/h13H,3-12,14-18H2,1-2H3;/q-1;+1. The molecule has 19 heavy (non-hydrogen) atoms. The molecule has 0 aliphatic rings. The van der Waals surface area contributed by atoms with Gasteiger partial charge in [0.25, 0.3) is 0 Å². The number of hydrogen-bond donors (Lipinski definition) is 0. The van der Waals surface area contributed by atoms with Crippen molar-refractivity contribution in [1.82, 2.24) is 0 Å². The van der Waals surface area contributed by atoms with Gasteiger partial charge in [0.2, 0.25) is 0 Å². The summed E-state index contributed by atoms with van der Waals surface area (Å²) in [6, 6.07) is 0. The van der Waals surface area contributed by atoms with E-state index in [0.717, 1.165) is 0 Å². The molecule has 0 aromatic heterocycles. The van der Waals surface area contributed by atoms with Gasteiger partial charge in [-0.05, 0) is 0 Å². The van der Waals surface area contributed by atoms with E-state index in [0.29, 0.717) is 0 Å². The van der Waals surface area contributed by atoms with Crippen molar-refractivity contribution in [3.63, 3.8) is 0 Å². The van der Waals surface area contributed by atoms with Crippen molar-refractivity contribution >= 4 is 0 Å². The number of rotatable bonds is 15. The monoisotopic (exact) mass is 276 g/mol. The van der Waals surface area contributed by atoms with Crippen LogP contribution in [0.2, 0.25) is 0 Å². The smallest absolute Gasteiger partial charge is 0.328 e. The van der Waals surface area contributed by atoms with E-state index in [4.69, 9.17) is 0 Å². The minimum Gasteiger partial charge on any atom is -0.328 e. The van der Waals surface area contributed by atoms with Gasteiger partial charge in [-0.25, -0.2) is 0 Å². The van der Waals surface area contributed by atoms with E-state index in [1.54, 1.807) is 0 Å². The fourth-order valence-corrected chi connectivity index (χ4v) is 2.46. The first-order valence-corrected chi connectivity index (χ1v) is 8.73. The Labute approximate surface area is 145 Å². The van der Waals surface area contributed by atoms with E-state index in [-0.39, 0.29) is 29.6 Å². The van der Waals surface area contributed by atoms with Crippen molar-refractivity contribution in [2.24, 2.45) is 0 Å². The van der Waals surface area contributed by atoms with Gasteiger partial charge in [0, 0.05) is 0 Å². The molecule has 0 radical (unpaired) electrons. The van der Waals surface area contributed by atoms with E-state index < -0.39 is 0 Å². The normalized spacial score (nSPS) is 10.4. The van der Waals surface area contributed by atoms with Gasteiger partial charge < -0.3 is 6.42 Å². The first kappa shape index (κ1) is 22.3. The van der Waals surface area contributed by atoms with Gasteiger partial charge in [0.15, 0.2) is 0 Å². The molecule has 0 unspecified atom stereocenters. The fraction of sp³-hybridized carbons (Fsp3) is 0.944. The van der Waals surface area contributed by atoms with Crippen molar-refractivity contribution < 1.29 is 29.6 Å². The zero-order valence-electron chi connectivity index (χ0n) is 14.2. The molecule has 0 heterocycles. The van der Waals surface area contributed by atoms with Crippen LogP contribution in [-0.2, 0) is 0 Å². The van der Waals surface area contributed by atoms with Crippen LogP contribution in [0, 0.1) is 6.42 Å². The van der Waals surface area contributed by atoms with E-state index in [1.165, 1.54) is 96.3 Å². The average Bonchev–Trinajstić information content (AvgIpc) is 2.39. The second-order valence-corrected chi connectivity index (χ2v) is 5.76. The Bertz CT molecular complexity index is 118. The van der Waals surface area contributed by atoms with Gasteiger partial charge in [-0.15, -0.1) is 0 Å². The molecule has 0 N–H and O–H groups in total. The molecule has 0 spiro atoms. The van der Waals surface area contributed by atoms with Crippen LogP contribution in [0.1, 0.15) is 110 Å².